The van der Waals surface area contributed by atoms with Crippen LogP contribution < -0.4 is 5.32 Å². The summed E-state index contributed by atoms with van der Waals surface area (Å²) < 4.78 is 0. The fraction of sp³-hybridized carbons (Fsp3) is 0.545. The highest BCUT2D eigenvalue weighted by Crippen LogP contribution is 2.18. The summed E-state index contributed by atoms with van der Waals surface area (Å²) in [4.78, 5) is 4.23. The molecule has 1 aromatic rings. The molecule has 0 aromatic carbocycles. The van der Waals surface area contributed by atoms with E-state index in [2.05, 4.69) is 24.1 Å². The smallest absolute Gasteiger partial charge is 0.0960 e. The molecule has 0 bridgehead atoms. The average Bonchev–Trinajstić information content (AvgIpc) is 2.21. The number of rotatable bonds is 6. The van der Waals surface area contributed by atoms with Gasteiger partial charge in [0.25, 0.3) is 0 Å². The number of aromatic nitrogens is 1. The molecule has 84 valence electrons. The van der Waals surface area contributed by atoms with Gasteiger partial charge in [-0.1, -0.05) is 18.5 Å². The van der Waals surface area contributed by atoms with Crippen LogP contribution in [0.5, 0.6) is 0 Å². The molecule has 1 aromatic heterocycles. The summed E-state index contributed by atoms with van der Waals surface area (Å²) in [6.07, 6.45) is 2.85. The van der Waals surface area contributed by atoms with Crippen molar-refractivity contribution < 1.29 is 0 Å². The van der Waals surface area contributed by atoms with Crippen LogP contribution in [0.4, 0.5) is 0 Å². The highest BCUT2D eigenvalue weighted by Gasteiger charge is 2.00. The van der Waals surface area contributed by atoms with Crippen LogP contribution in [-0.4, -0.2) is 23.3 Å². The normalized spacial score (nSPS) is 12.7. The molecule has 0 aliphatic heterocycles. The molecule has 1 atom stereocenters. The van der Waals surface area contributed by atoms with Crippen molar-refractivity contribution in [2.24, 2.45) is 0 Å². The zero-order valence-corrected chi connectivity index (χ0v) is 10.7. The van der Waals surface area contributed by atoms with Gasteiger partial charge in [-0.15, -0.1) is 11.8 Å². The number of hydrogen-bond acceptors (Lipinski definition) is 3. The molecule has 0 fully saturated rings. The van der Waals surface area contributed by atoms with Crippen molar-refractivity contribution in [2.75, 3.05) is 12.3 Å². The van der Waals surface area contributed by atoms with E-state index in [0.717, 1.165) is 23.7 Å². The Labute approximate surface area is 101 Å². The lowest BCUT2D eigenvalue weighted by atomic mass is 10.3. The topological polar surface area (TPSA) is 24.9 Å². The van der Waals surface area contributed by atoms with Gasteiger partial charge < -0.3 is 5.32 Å². The summed E-state index contributed by atoms with van der Waals surface area (Å²) in [7, 11) is 0. The summed E-state index contributed by atoms with van der Waals surface area (Å²) in [5.41, 5.74) is 0. The first-order valence-electron chi connectivity index (χ1n) is 5.20. The highest BCUT2D eigenvalue weighted by molar-refractivity contribution is 7.99. The van der Waals surface area contributed by atoms with Crippen LogP contribution in [0.1, 0.15) is 20.3 Å². The third-order valence-electron chi connectivity index (χ3n) is 2.05. The molecule has 2 nitrogen and oxygen atoms in total. The SMILES string of the molecule is CCNC(C)CCSc1ccc(Cl)cn1. The van der Waals surface area contributed by atoms with Crippen LogP contribution in [0.15, 0.2) is 23.4 Å². The fourth-order valence-electron chi connectivity index (χ4n) is 1.24. The van der Waals surface area contributed by atoms with E-state index < -0.39 is 0 Å². The number of halogens is 1. The van der Waals surface area contributed by atoms with Gasteiger partial charge in [0, 0.05) is 18.0 Å². The molecule has 1 N–H and O–H groups in total. The van der Waals surface area contributed by atoms with Gasteiger partial charge >= 0.3 is 0 Å². The van der Waals surface area contributed by atoms with E-state index in [0.29, 0.717) is 11.1 Å². The zero-order chi connectivity index (χ0) is 11.1. The summed E-state index contributed by atoms with van der Waals surface area (Å²) in [5, 5.41) is 5.13. The van der Waals surface area contributed by atoms with Gasteiger partial charge in [0.2, 0.25) is 0 Å². The lowest BCUT2D eigenvalue weighted by Gasteiger charge is -2.10. The lowest BCUT2D eigenvalue weighted by molar-refractivity contribution is 0.556. The Kier molecular flexibility index (Phi) is 6.06. The zero-order valence-electron chi connectivity index (χ0n) is 9.16. The second-order valence-corrected chi connectivity index (χ2v) is 4.96. The van der Waals surface area contributed by atoms with E-state index in [1.807, 2.05) is 12.1 Å². The predicted octanol–water partition coefficient (Wildman–Crippen LogP) is 3.22. The van der Waals surface area contributed by atoms with Crippen LogP contribution in [0.25, 0.3) is 0 Å². The van der Waals surface area contributed by atoms with Crippen molar-refractivity contribution >= 4 is 23.4 Å². The molecular formula is C11H17ClN2S. The third kappa shape index (κ3) is 5.40. The maximum absolute atomic E-state index is 5.76. The molecule has 0 saturated carbocycles. The molecule has 0 spiro atoms. The first-order valence-corrected chi connectivity index (χ1v) is 6.56. The molecule has 0 aliphatic rings. The Bertz CT molecular complexity index is 276. The van der Waals surface area contributed by atoms with Gasteiger partial charge in [-0.25, -0.2) is 4.98 Å². The molecule has 0 amide bonds. The van der Waals surface area contributed by atoms with E-state index >= 15 is 0 Å². The van der Waals surface area contributed by atoms with Crippen LogP contribution in [0.3, 0.4) is 0 Å². The standard InChI is InChI=1S/C11H17ClN2S/c1-3-13-9(2)6-7-15-11-5-4-10(12)8-14-11/h4-5,8-9,13H,3,6-7H2,1-2H3. The number of pyridine rings is 1. The summed E-state index contributed by atoms with van der Waals surface area (Å²) in [6, 6.07) is 4.42. The van der Waals surface area contributed by atoms with E-state index in [4.69, 9.17) is 11.6 Å². The minimum atomic E-state index is 0.579. The Hall–Kier alpha value is -0.250. The molecule has 1 heterocycles. The quantitative estimate of drug-likeness (QED) is 0.778. The van der Waals surface area contributed by atoms with Crippen LogP contribution >= 0.6 is 23.4 Å². The van der Waals surface area contributed by atoms with Gasteiger partial charge in [-0.2, -0.15) is 0 Å². The van der Waals surface area contributed by atoms with Gasteiger partial charge in [0.05, 0.1) is 10.0 Å². The van der Waals surface area contributed by atoms with E-state index in [9.17, 15) is 0 Å². The monoisotopic (exact) mass is 244 g/mol. The van der Waals surface area contributed by atoms with Crippen molar-refractivity contribution in [1.82, 2.24) is 10.3 Å². The molecule has 1 unspecified atom stereocenters. The molecule has 1 rings (SSSR count). The summed E-state index contributed by atoms with van der Waals surface area (Å²) in [5.74, 6) is 1.09. The summed E-state index contributed by atoms with van der Waals surface area (Å²) in [6.45, 7) is 5.37. The van der Waals surface area contributed by atoms with Crippen LogP contribution in [0, 0.1) is 0 Å². The van der Waals surface area contributed by atoms with Crippen molar-refractivity contribution in [3.05, 3.63) is 23.4 Å². The molecule has 4 heteroatoms. The Balaban J connectivity index is 2.22. The van der Waals surface area contributed by atoms with Crippen molar-refractivity contribution in [3.63, 3.8) is 0 Å². The fourth-order valence-corrected chi connectivity index (χ4v) is 2.32. The second-order valence-electron chi connectivity index (χ2n) is 3.41. The van der Waals surface area contributed by atoms with Crippen molar-refractivity contribution in [1.29, 1.82) is 0 Å². The first kappa shape index (κ1) is 12.8. The maximum atomic E-state index is 5.76. The van der Waals surface area contributed by atoms with Gasteiger partial charge in [0.15, 0.2) is 0 Å². The Morgan fingerprint density at radius 1 is 1.53 bits per heavy atom. The molecular weight excluding hydrogens is 228 g/mol. The Morgan fingerprint density at radius 2 is 2.33 bits per heavy atom. The van der Waals surface area contributed by atoms with Crippen molar-refractivity contribution in [2.45, 2.75) is 31.3 Å². The molecule has 0 saturated heterocycles. The minimum absolute atomic E-state index is 0.579. The number of thioether (sulfide) groups is 1. The van der Waals surface area contributed by atoms with Gasteiger partial charge in [-0.3, -0.25) is 0 Å². The lowest BCUT2D eigenvalue weighted by Crippen LogP contribution is -2.25. The second kappa shape index (κ2) is 7.09. The molecule has 0 radical (unpaired) electrons. The summed E-state index contributed by atoms with van der Waals surface area (Å²) >= 11 is 7.53. The predicted molar refractivity (Wildman–Crippen MR) is 67.7 cm³/mol. The Morgan fingerprint density at radius 3 is 2.93 bits per heavy atom. The average molecular weight is 245 g/mol. The van der Waals surface area contributed by atoms with Gasteiger partial charge in [0.1, 0.15) is 0 Å². The van der Waals surface area contributed by atoms with Crippen LogP contribution in [0.2, 0.25) is 5.02 Å². The van der Waals surface area contributed by atoms with E-state index in [1.54, 1.807) is 18.0 Å². The van der Waals surface area contributed by atoms with Crippen molar-refractivity contribution in [3.8, 4) is 0 Å². The first-order chi connectivity index (χ1) is 7.22. The largest absolute Gasteiger partial charge is 0.315 e. The minimum Gasteiger partial charge on any atom is -0.315 e. The molecule has 0 aliphatic carbocycles. The van der Waals surface area contributed by atoms with Crippen LogP contribution in [-0.2, 0) is 0 Å². The number of nitrogens with one attached hydrogen (secondary N) is 1. The maximum Gasteiger partial charge on any atom is 0.0960 e. The van der Waals surface area contributed by atoms with E-state index in [1.165, 1.54) is 0 Å². The highest BCUT2D eigenvalue weighted by atomic mass is 35.5. The number of hydrogen-bond donors (Lipinski definition) is 1. The third-order valence-corrected chi connectivity index (χ3v) is 3.25. The molecule has 15 heavy (non-hydrogen) atoms. The number of nitrogens with zero attached hydrogens (tertiary/aromatic N) is 1. The van der Waals surface area contributed by atoms with E-state index in [-0.39, 0.29) is 0 Å². The van der Waals surface area contributed by atoms with Gasteiger partial charge in [-0.05, 0) is 32.0 Å².